The van der Waals surface area contributed by atoms with Crippen molar-refractivity contribution in [2.45, 2.75) is 11.4 Å². The number of halogens is 1. The summed E-state index contributed by atoms with van der Waals surface area (Å²) in [6, 6.07) is 16.3. The van der Waals surface area contributed by atoms with Crippen molar-refractivity contribution in [3.05, 3.63) is 77.7 Å². The van der Waals surface area contributed by atoms with Crippen LogP contribution in [0.3, 0.4) is 0 Å². The van der Waals surface area contributed by atoms with Gasteiger partial charge < -0.3 is 0 Å². The van der Waals surface area contributed by atoms with Crippen molar-refractivity contribution in [1.82, 2.24) is 15.0 Å². The third kappa shape index (κ3) is 4.08. The number of hydrogen-bond donors (Lipinski definition) is 0. The van der Waals surface area contributed by atoms with Crippen molar-refractivity contribution in [3.63, 3.8) is 0 Å². The van der Waals surface area contributed by atoms with Gasteiger partial charge in [0.2, 0.25) is 0 Å². The average molecular weight is 449 g/mol. The van der Waals surface area contributed by atoms with E-state index in [0.717, 1.165) is 44.1 Å². The number of hydrogen-bond acceptors (Lipinski definition) is 6. The van der Waals surface area contributed by atoms with Crippen molar-refractivity contribution in [3.8, 4) is 11.1 Å². The summed E-state index contributed by atoms with van der Waals surface area (Å²) in [6.07, 6.45) is 2.26. The highest BCUT2D eigenvalue weighted by Crippen LogP contribution is 2.38. The Balaban J connectivity index is 1.35. The Morgan fingerprint density at radius 1 is 1.06 bits per heavy atom. The molecule has 0 saturated carbocycles. The van der Waals surface area contributed by atoms with Gasteiger partial charge in [0.05, 0.1) is 23.4 Å². The molecule has 1 aliphatic rings. The number of fused-ring (bicyclic) bond motifs is 1. The molecule has 0 bridgehead atoms. The largest absolute Gasteiger partial charge is 0.272 e. The number of nitrogens with zero attached hydrogens (tertiary/aromatic N) is 4. The van der Waals surface area contributed by atoms with E-state index in [1.54, 1.807) is 17.1 Å². The lowest BCUT2D eigenvalue weighted by atomic mass is 10.1. The Bertz CT molecular complexity index is 1270. The molecule has 2 aromatic heterocycles. The quantitative estimate of drug-likeness (QED) is 0.310. The van der Waals surface area contributed by atoms with Gasteiger partial charge in [0.1, 0.15) is 22.0 Å². The Labute approximate surface area is 186 Å². The lowest BCUT2D eigenvalue weighted by Gasteiger charge is -2.11. The molecule has 0 aliphatic carbocycles. The minimum Gasteiger partial charge on any atom is -0.272 e. The normalized spacial score (nSPS) is 13.6. The van der Waals surface area contributed by atoms with Crippen molar-refractivity contribution < 1.29 is 9.18 Å². The van der Waals surface area contributed by atoms with Crippen LogP contribution in [0.15, 0.2) is 76.4 Å². The molecule has 31 heavy (non-hydrogen) atoms. The van der Waals surface area contributed by atoms with Gasteiger partial charge >= 0.3 is 0 Å². The molecule has 5 nitrogen and oxygen atoms in total. The van der Waals surface area contributed by atoms with Gasteiger partial charge in [-0.05, 0) is 23.3 Å². The highest BCUT2D eigenvalue weighted by molar-refractivity contribution is 8.00. The van der Waals surface area contributed by atoms with E-state index in [2.05, 4.69) is 15.1 Å². The predicted octanol–water partition coefficient (Wildman–Crippen LogP) is 5.23. The maximum Gasteiger partial charge on any atom is 0.253 e. The molecule has 154 valence electrons. The fraction of sp³-hybridized carbons (Fsp3) is 0.130. The number of rotatable bonds is 5. The Morgan fingerprint density at radius 2 is 1.87 bits per heavy atom. The summed E-state index contributed by atoms with van der Waals surface area (Å²) in [5, 5.41) is 9.69. The van der Waals surface area contributed by atoms with E-state index >= 15 is 0 Å². The summed E-state index contributed by atoms with van der Waals surface area (Å²) in [5.74, 6) is -0.0989. The van der Waals surface area contributed by atoms with Crippen LogP contribution in [0, 0.1) is 5.82 Å². The van der Waals surface area contributed by atoms with Crippen LogP contribution in [0.25, 0.3) is 21.3 Å². The molecule has 0 radical (unpaired) electrons. The molecule has 0 N–H and O–H groups in total. The first-order chi connectivity index (χ1) is 15.2. The van der Waals surface area contributed by atoms with Crippen LogP contribution in [0.1, 0.15) is 12.0 Å². The third-order valence-corrected chi connectivity index (χ3v) is 6.88. The first kappa shape index (κ1) is 19.8. The fourth-order valence-corrected chi connectivity index (χ4v) is 5.34. The summed E-state index contributed by atoms with van der Waals surface area (Å²) in [6.45, 7) is 0.585. The second-order valence-corrected chi connectivity index (χ2v) is 8.81. The maximum atomic E-state index is 13.3. The Morgan fingerprint density at radius 3 is 2.68 bits per heavy atom. The lowest BCUT2D eigenvalue weighted by molar-refractivity contribution is -0.127. The zero-order valence-corrected chi connectivity index (χ0v) is 18.0. The molecule has 1 amide bonds. The Kier molecular flexibility index (Phi) is 5.48. The van der Waals surface area contributed by atoms with Gasteiger partial charge in [-0.2, -0.15) is 5.10 Å². The molecule has 1 aliphatic heterocycles. The van der Waals surface area contributed by atoms with Gasteiger partial charge in [-0.25, -0.2) is 19.4 Å². The summed E-state index contributed by atoms with van der Waals surface area (Å²) in [4.78, 5) is 22.4. The van der Waals surface area contributed by atoms with Crippen molar-refractivity contribution in [1.29, 1.82) is 0 Å². The van der Waals surface area contributed by atoms with E-state index in [1.165, 1.54) is 41.6 Å². The smallest absolute Gasteiger partial charge is 0.253 e. The number of benzene rings is 2. The molecule has 0 atom stereocenters. The molecular weight excluding hydrogens is 431 g/mol. The summed E-state index contributed by atoms with van der Waals surface area (Å²) in [5.41, 5.74) is 3.82. The highest BCUT2D eigenvalue weighted by Gasteiger charge is 2.22. The van der Waals surface area contributed by atoms with Crippen LogP contribution in [0.4, 0.5) is 4.39 Å². The van der Waals surface area contributed by atoms with E-state index in [1.807, 2.05) is 35.7 Å². The van der Waals surface area contributed by atoms with Gasteiger partial charge in [0, 0.05) is 17.4 Å². The molecule has 4 aromatic rings. The van der Waals surface area contributed by atoms with E-state index in [4.69, 9.17) is 0 Å². The van der Waals surface area contributed by atoms with Crippen molar-refractivity contribution in [2.24, 2.45) is 5.10 Å². The molecule has 5 rings (SSSR count). The van der Waals surface area contributed by atoms with Crippen LogP contribution in [-0.4, -0.2) is 38.9 Å². The zero-order chi connectivity index (χ0) is 21.2. The zero-order valence-electron chi connectivity index (χ0n) is 16.4. The van der Waals surface area contributed by atoms with Crippen LogP contribution in [0.2, 0.25) is 0 Å². The summed E-state index contributed by atoms with van der Waals surface area (Å²) < 4.78 is 13.3. The first-order valence-electron chi connectivity index (χ1n) is 9.73. The number of hydrazone groups is 1. The summed E-state index contributed by atoms with van der Waals surface area (Å²) in [7, 11) is 0. The topological polar surface area (TPSA) is 58.5 Å². The SMILES string of the molecule is O=C(CSc1ncnc2scc(-c3ccc(F)cc3)c12)N1CCC(c2ccccc2)=N1. The first-order valence-corrected chi connectivity index (χ1v) is 11.6. The van der Waals surface area contributed by atoms with Crippen molar-refractivity contribution >= 4 is 44.9 Å². The molecule has 0 saturated heterocycles. The van der Waals surface area contributed by atoms with E-state index in [9.17, 15) is 9.18 Å². The number of aromatic nitrogens is 2. The van der Waals surface area contributed by atoms with E-state index in [0.29, 0.717) is 6.54 Å². The lowest BCUT2D eigenvalue weighted by Crippen LogP contribution is -2.25. The molecular formula is C23H17FN4OS2. The number of carbonyl (C=O) groups is 1. The van der Waals surface area contributed by atoms with Gasteiger partial charge in [-0.15, -0.1) is 11.3 Å². The van der Waals surface area contributed by atoms with Crippen LogP contribution in [-0.2, 0) is 4.79 Å². The maximum absolute atomic E-state index is 13.3. The second kappa shape index (κ2) is 8.56. The molecule has 0 spiro atoms. The highest BCUT2D eigenvalue weighted by atomic mass is 32.2. The van der Waals surface area contributed by atoms with Crippen LogP contribution >= 0.6 is 23.1 Å². The number of thioether (sulfide) groups is 1. The Hall–Kier alpha value is -3.10. The van der Waals surface area contributed by atoms with E-state index in [-0.39, 0.29) is 17.5 Å². The molecule has 0 unspecified atom stereocenters. The number of carbonyl (C=O) groups excluding carboxylic acids is 1. The van der Waals surface area contributed by atoms with Crippen LogP contribution in [0.5, 0.6) is 0 Å². The number of thiophene rings is 1. The standard InChI is InChI=1S/C23H17FN4OS2/c24-17-8-6-15(7-9-17)18-12-30-22-21(18)23(26-14-25-22)31-13-20(29)28-11-10-19(27-28)16-4-2-1-3-5-16/h1-9,12,14H,10-11,13H2. The number of amides is 1. The molecule has 0 fully saturated rings. The fourth-order valence-electron chi connectivity index (χ4n) is 3.47. The van der Waals surface area contributed by atoms with Gasteiger partial charge in [-0.3, -0.25) is 4.79 Å². The molecule has 3 heterocycles. The summed E-state index contributed by atoms with van der Waals surface area (Å²) >= 11 is 2.89. The minimum absolute atomic E-state index is 0.0544. The van der Waals surface area contributed by atoms with Crippen LogP contribution < -0.4 is 0 Å². The van der Waals surface area contributed by atoms with Gasteiger partial charge in [0.25, 0.3) is 5.91 Å². The predicted molar refractivity (Wildman–Crippen MR) is 123 cm³/mol. The molecule has 2 aromatic carbocycles. The minimum atomic E-state index is -0.277. The van der Waals surface area contributed by atoms with E-state index < -0.39 is 0 Å². The third-order valence-electron chi connectivity index (χ3n) is 5.02. The second-order valence-electron chi connectivity index (χ2n) is 6.98. The van der Waals surface area contributed by atoms with Gasteiger partial charge in [-0.1, -0.05) is 54.2 Å². The van der Waals surface area contributed by atoms with Crippen molar-refractivity contribution in [2.75, 3.05) is 12.3 Å². The average Bonchev–Trinajstić information content (AvgIpc) is 3.47. The monoisotopic (exact) mass is 448 g/mol. The molecule has 8 heteroatoms. The van der Waals surface area contributed by atoms with Gasteiger partial charge in [0.15, 0.2) is 0 Å².